The average Bonchev–Trinajstić information content (AvgIpc) is 2.52. The van der Waals surface area contributed by atoms with Crippen molar-refractivity contribution < 1.29 is 14.5 Å². The van der Waals surface area contributed by atoms with Gasteiger partial charge in [0.25, 0.3) is 5.69 Å². The third kappa shape index (κ3) is 3.51. The number of nitrogens with one attached hydrogen (secondary N) is 1. The van der Waals surface area contributed by atoms with Gasteiger partial charge in [-0.2, -0.15) is 0 Å². The van der Waals surface area contributed by atoms with Crippen LogP contribution in [0.4, 0.5) is 11.4 Å². The summed E-state index contributed by atoms with van der Waals surface area (Å²) in [7, 11) is 1.30. The van der Waals surface area contributed by atoms with Crippen molar-refractivity contribution in [2.45, 2.75) is 4.90 Å². The van der Waals surface area contributed by atoms with Gasteiger partial charge in [-0.3, -0.25) is 10.1 Å². The van der Waals surface area contributed by atoms with Crippen molar-refractivity contribution in [2.75, 3.05) is 11.8 Å². The van der Waals surface area contributed by atoms with Crippen LogP contribution in [0.1, 0.15) is 10.4 Å². The number of rotatable bonds is 5. The molecule has 0 amide bonds. The molecular formula is C14H12N2O4S. The van der Waals surface area contributed by atoms with Gasteiger partial charge in [0.2, 0.25) is 0 Å². The standard InChI is InChI=1S/C14H12N2O4S/c1-20-14(17)10-6-2-3-7-11(10)15-21-13-9-5-4-8-12(13)16(18)19/h2-9,15H,1H3. The Morgan fingerprint density at radius 3 is 2.57 bits per heavy atom. The molecule has 0 spiro atoms. The molecule has 2 aromatic carbocycles. The number of esters is 1. The zero-order chi connectivity index (χ0) is 15.2. The molecule has 0 saturated carbocycles. The van der Waals surface area contributed by atoms with Crippen LogP contribution in [0.5, 0.6) is 0 Å². The summed E-state index contributed by atoms with van der Waals surface area (Å²) in [6, 6.07) is 13.2. The van der Waals surface area contributed by atoms with Crippen molar-refractivity contribution in [3.8, 4) is 0 Å². The molecular weight excluding hydrogens is 292 g/mol. The number of para-hydroxylation sites is 2. The molecule has 0 aliphatic rings. The van der Waals surface area contributed by atoms with E-state index in [0.717, 1.165) is 11.9 Å². The first-order valence-electron chi connectivity index (χ1n) is 5.97. The topological polar surface area (TPSA) is 81.5 Å². The second kappa shape index (κ2) is 6.76. The Hall–Kier alpha value is -2.54. The quantitative estimate of drug-likeness (QED) is 0.394. The number of nitrogens with zero attached hydrogens (tertiary/aromatic N) is 1. The lowest BCUT2D eigenvalue weighted by molar-refractivity contribution is -0.387. The van der Waals surface area contributed by atoms with Crippen LogP contribution >= 0.6 is 11.9 Å². The third-order valence-electron chi connectivity index (χ3n) is 2.67. The molecule has 1 N–H and O–H groups in total. The molecule has 0 aromatic heterocycles. The van der Waals surface area contributed by atoms with Crippen molar-refractivity contribution in [1.82, 2.24) is 0 Å². The van der Waals surface area contributed by atoms with Gasteiger partial charge in [-0.05, 0) is 30.1 Å². The van der Waals surface area contributed by atoms with Crippen molar-refractivity contribution in [3.05, 3.63) is 64.2 Å². The summed E-state index contributed by atoms with van der Waals surface area (Å²) in [6.07, 6.45) is 0. The fraction of sp³-hybridized carbons (Fsp3) is 0.0714. The van der Waals surface area contributed by atoms with Crippen molar-refractivity contribution >= 4 is 29.3 Å². The van der Waals surface area contributed by atoms with Crippen LogP contribution in [-0.2, 0) is 4.74 Å². The van der Waals surface area contributed by atoms with Gasteiger partial charge in [0.05, 0.1) is 23.3 Å². The lowest BCUT2D eigenvalue weighted by atomic mass is 10.2. The summed E-state index contributed by atoms with van der Waals surface area (Å²) >= 11 is 1.07. The molecule has 6 nitrogen and oxygen atoms in total. The van der Waals surface area contributed by atoms with Gasteiger partial charge in [0.15, 0.2) is 0 Å². The normalized spacial score (nSPS) is 9.95. The summed E-state index contributed by atoms with van der Waals surface area (Å²) in [5, 5.41) is 10.9. The van der Waals surface area contributed by atoms with Crippen LogP contribution in [0.2, 0.25) is 0 Å². The molecule has 0 atom stereocenters. The summed E-state index contributed by atoms with van der Waals surface area (Å²) in [4.78, 5) is 22.6. The summed E-state index contributed by atoms with van der Waals surface area (Å²) in [6.45, 7) is 0. The molecule has 0 saturated heterocycles. The highest BCUT2D eigenvalue weighted by molar-refractivity contribution is 8.00. The van der Waals surface area contributed by atoms with Crippen LogP contribution < -0.4 is 4.72 Å². The van der Waals surface area contributed by atoms with Crippen molar-refractivity contribution in [2.24, 2.45) is 0 Å². The number of anilines is 1. The van der Waals surface area contributed by atoms with E-state index in [9.17, 15) is 14.9 Å². The number of methoxy groups -OCH3 is 1. The molecule has 21 heavy (non-hydrogen) atoms. The number of hydrogen-bond acceptors (Lipinski definition) is 6. The predicted molar refractivity (Wildman–Crippen MR) is 80.4 cm³/mol. The minimum atomic E-state index is -0.471. The van der Waals surface area contributed by atoms with Crippen LogP contribution in [-0.4, -0.2) is 18.0 Å². The van der Waals surface area contributed by atoms with E-state index in [4.69, 9.17) is 4.74 Å². The monoisotopic (exact) mass is 304 g/mol. The zero-order valence-electron chi connectivity index (χ0n) is 11.1. The fourth-order valence-corrected chi connectivity index (χ4v) is 2.46. The highest BCUT2D eigenvalue weighted by Gasteiger charge is 2.15. The maximum Gasteiger partial charge on any atom is 0.339 e. The minimum Gasteiger partial charge on any atom is -0.465 e. The fourth-order valence-electron chi connectivity index (χ4n) is 1.66. The average molecular weight is 304 g/mol. The van der Waals surface area contributed by atoms with E-state index >= 15 is 0 Å². The Balaban J connectivity index is 2.21. The van der Waals surface area contributed by atoms with Gasteiger partial charge in [-0.25, -0.2) is 4.79 Å². The smallest absolute Gasteiger partial charge is 0.339 e. The molecule has 2 aromatic rings. The van der Waals surface area contributed by atoms with E-state index in [1.807, 2.05) is 0 Å². The summed E-state index contributed by atoms with van der Waals surface area (Å²) in [5.41, 5.74) is 0.907. The van der Waals surface area contributed by atoms with Gasteiger partial charge in [0.1, 0.15) is 4.90 Å². The second-order valence-corrected chi connectivity index (χ2v) is 4.81. The van der Waals surface area contributed by atoms with E-state index < -0.39 is 10.9 Å². The first-order valence-corrected chi connectivity index (χ1v) is 6.78. The van der Waals surface area contributed by atoms with Crippen LogP contribution in [0.3, 0.4) is 0 Å². The number of carbonyl (C=O) groups is 1. The second-order valence-electron chi connectivity index (χ2n) is 3.97. The molecule has 0 fully saturated rings. The van der Waals surface area contributed by atoms with Gasteiger partial charge in [-0.1, -0.05) is 24.3 Å². The van der Waals surface area contributed by atoms with E-state index in [1.54, 1.807) is 42.5 Å². The molecule has 2 rings (SSSR count). The SMILES string of the molecule is COC(=O)c1ccccc1NSc1ccccc1[N+](=O)[O-]. The number of benzene rings is 2. The molecule has 0 heterocycles. The molecule has 0 aliphatic heterocycles. The van der Waals surface area contributed by atoms with Crippen molar-refractivity contribution in [3.63, 3.8) is 0 Å². The predicted octanol–water partition coefficient (Wildman–Crippen LogP) is 3.50. The van der Waals surface area contributed by atoms with Gasteiger partial charge < -0.3 is 9.46 Å². The number of hydrogen-bond donors (Lipinski definition) is 1. The van der Waals surface area contributed by atoms with E-state index in [2.05, 4.69) is 4.72 Å². The van der Waals surface area contributed by atoms with Crippen LogP contribution in [0.25, 0.3) is 0 Å². The van der Waals surface area contributed by atoms with Gasteiger partial charge in [0, 0.05) is 6.07 Å². The van der Waals surface area contributed by atoms with Crippen molar-refractivity contribution in [1.29, 1.82) is 0 Å². The minimum absolute atomic E-state index is 0.00514. The van der Waals surface area contributed by atoms with E-state index in [-0.39, 0.29) is 5.69 Å². The lowest BCUT2D eigenvalue weighted by Gasteiger charge is -2.09. The van der Waals surface area contributed by atoms with Gasteiger partial charge >= 0.3 is 5.97 Å². The Morgan fingerprint density at radius 2 is 1.86 bits per heavy atom. The third-order valence-corrected chi connectivity index (χ3v) is 3.55. The summed E-state index contributed by atoms with van der Waals surface area (Å²) in [5.74, 6) is -0.471. The first-order chi connectivity index (χ1) is 10.1. The van der Waals surface area contributed by atoms with Crippen LogP contribution in [0, 0.1) is 10.1 Å². The molecule has 0 aliphatic carbocycles. The number of nitro groups is 1. The van der Waals surface area contributed by atoms with Crippen LogP contribution in [0.15, 0.2) is 53.4 Å². The Bertz CT molecular complexity index is 676. The highest BCUT2D eigenvalue weighted by Crippen LogP contribution is 2.30. The highest BCUT2D eigenvalue weighted by atomic mass is 32.2. The lowest BCUT2D eigenvalue weighted by Crippen LogP contribution is -2.04. The Labute approximate surface area is 125 Å². The Morgan fingerprint density at radius 1 is 1.19 bits per heavy atom. The number of ether oxygens (including phenoxy) is 1. The van der Waals surface area contributed by atoms with E-state index in [1.165, 1.54) is 13.2 Å². The largest absolute Gasteiger partial charge is 0.465 e. The maximum absolute atomic E-state index is 11.6. The maximum atomic E-state index is 11.6. The summed E-state index contributed by atoms with van der Waals surface area (Å²) < 4.78 is 7.65. The molecule has 0 unspecified atom stereocenters. The molecule has 108 valence electrons. The number of nitro benzene ring substituents is 1. The number of carbonyl (C=O) groups excluding carboxylic acids is 1. The first kappa shape index (κ1) is 14.9. The van der Waals surface area contributed by atoms with Gasteiger partial charge in [-0.15, -0.1) is 0 Å². The molecule has 0 bridgehead atoms. The molecule has 7 heteroatoms. The Kier molecular flexibility index (Phi) is 4.78. The zero-order valence-corrected chi connectivity index (χ0v) is 11.9. The van der Waals surface area contributed by atoms with E-state index in [0.29, 0.717) is 16.1 Å². The molecule has 0 radical (unpaired) electrons.